The van der Waals surface area contributed by atoms with Crippen molar-refractivity contribution in [3.8, 4) is 0 Å². The van der Waals surface area contributed by atoms with E-state index in [1.807, 2.05) is 39.9 Å². The molecule has 0 radical (unpaired) electrons. The molecule has 0 bridgehead atoms. The molecule has 3 rings (SSSR count). The first-order chi connectivity index (χ1) is 10.6. The molecule has 2 fully saturated rings. The van der Waals surface area contributed by atoms with Gasteiger partial charge in [-0.1, -0.05) is 0 Å². The fraction of sp³-hybridized carbons (Fsp3) is 0.600. The molecule has 1 aromatic rings. The zero-order valence-electron chi connectivity index (χ0n) is 12.8. The van der Waals surface area contributed by atoms with Gasteiger partial charge in [0, 0.05) is 57.3 Å². The normalized spacial score (nSPS) is 22.7. The summed E-state index contributed by atoms with van der Waals surface area (Å²) in [4.78, 5) is 28.7. The van der Waals surface area contributed by atoms with E-state index < -0.39 is 0 Å². The molecule has 7 heteroatoms. The van der Waals surface area contributed by atoms with Crippen molar-refractivity contribution in [2.24, 2.45) is 7.05 Å². The number of nitrogens with one attached hydrogen (secondary N) is 1. The van der Waals surface area contributed by atoms with Gasteiger partial charge in [0.1, 0.15) is 0 Å². The van der Waals surface area contributed by atoms with Crippen LogP contribution in [0.4, 0.5) is 0 Å². The maximum atomic E-state index is 12.5. The molecule has 1 unspecified atom stereocenters. The van der Waals surface area contributed by atoms with Crippen LogP contribution >= 0.6 is 11.8 Å². The monoisotopic (exact) mass is 322 g/mol. The first-order valence-corrected chi connectivity index (χ1v) is 8.82. The topological polar surface area (TPSA) is 57.6 Å². The predicted molar refractivity (Wildman–Crippen MR) is 86.8 cm³/mol. The number of hydrogen-bond donors (Lipinski definition) is 1. The van der Waals surface area contributed by atoms with Gasteiger partial charge in [0.05, 0.1) is 11.6 Å². The minimum Gasteiger partial charge on any atom is -0.356 e. The SMILES string of the molecule is Cn1ccc(C(=O)N2CCCN(C(=O)C3CSCN3)CC2)c1. The molecule has 1 N–H and O–H groups in total. The lowest BCUT2D eigenvalue weighted by molar-refractivity contribution is -0.132. The molecule has 2 saturated heterocycles. The van der Waals surface area contributed by atoms with E-state index in [1.165, 1.54) is 0 Å². The highest BCUT2D eigenvalue weighted by Gasteiger charge is 2.29. The van der Waals surface area contributed by atoms with Gasteiger partial charge in [0.2, 0.25) is 5.91 Å². The Bertz CT molecular complexity index is 553. The molecule has 1 aromatic heterocycles. The number of rotatable bonds is 2. The summed E-state index contributed by atoms with van der Waals surface area (Å²) in [5.74, 6) is 1.94. The van der Waals surface area contributed by atoms with E-state index >= 15 is 0 Å². The first kappa shape index (κ1) is 15.4. The number of aromatic nitrogens is 1. The second kappa shape index (κ2) is 6.75. The number of hydrogen-bond acceptors (Lipinski definition) is 4. The van der Waals surface area contributed by atoms with Crippen LogP contribution in [0.2, 0.25) is 0 Å². The summed E-state index contributed by atoms with van der Waals surface area (Å²) in [5, 5.41) is 3.23. The van der Waals surface area contributed by atoms with Crippen molar-refractivity contribution in [2.75, 3.05) is 37.8 Å². The maximum Gasteiger partial charge on any atom is 0.255 e. The summed E-state index contributed by atoms with van der Waals surface area (Å²) in [6.45, 7) is 2.68. The minimum atomic E-state index is -0.0543. The van der Waals surface area contributed by atoms with Crippen molar-refractivity contribution >= 4 is 23.6 Å². The second-order valence-corrected chi connectivity index (χ2v) is 6.84. The molecule has 0 aliphatic carbocycles. The molecule has 120 valence electrons. The molecule has 1 atom stereocenters. The molecule has 2 aliphatic rings. The van der Waals surface area contributed by atoms with Crippen LogP contribution in [-0.4, -0.2) is 70.0 Å². The summed E-state index contributed by atoms with van der Waals surface area (Å²) >= 11 is 1.76. The Morgan fingerprint density at radius 2 is 2.00 bits per heavy atom. The van der Waals surface area contributed by atoms with Crippen molar-refractivity contribution in [1.29, 1.82) is 0 Å². The Balaban J connectivity index is 1.59. The summed E-state index contributed by atoms with van der Waals surface area (Å²) in [6.07, 6.45) is 4.56. The van der Waals surface area contributed by atoms with Gasteiger partial charge in [-0.2, -0.15) is 0 Å². The van der Waals surface area contributed by atoms with Crippen LogP contribution in [0.3, 0.4) is 0 Å². The lowest BCUT2D eigenvalue weighted by Crippen LogP contribution is -2.46. The summed E-state index contributed by atoms with van der Waals surface area (Å²) in [6, 6.07) is 1.79. The molecule has 2 aliphatic heterocycles. The maximum absolute atomic E-state index is 12.5. The molecule has 2 amide bonds. The van der Waals surface area contributed by atoms with E-state index in [4.69, 9.17) is 0 Å². The largest absolute Gasteiger partial charge is 0.356 e. The quantitative estimate of drug-likeness (QED) is 0.854. The van der Waals surface area contributed by atoms with Crippen molar-refractivity contribution < 1.29 is 9.59 Å². The highest BCUT2D eigenvalue weighted by molar-refractivity contribution is 7.99. The van der Waals surface area contributed by atoms with Crippen LogP contribution in [0.5, 0.6) is 0 Å². The highest BCUT2D eigenvalue weighted by Crippen LogP contribution is 2.14. The standard InChI is InChI=1S/C15H22N4O2S/c1-17-6-3-12(9-17)14(20)18-4-2-5-19(8-7-18)15(21)13-10-22-11-16-13/h3,6,9,13,16H,2,4-5,7-8,10-11H2,1H3. The van der Waals surface area contributed by atoms with Crippen molar-refractivity contribution in [3.05, 3.63) is 24.0 Å². The van der Waals surface area contributed by atoms with Crippen LogP contribution in [0.15, 0.2) is 18.5 Å². The number of carbonyl (C=O) groups is 2. The number of aryl methyl sites for hydroxylation is 1. The van der Waals surface area contributed by atoms with E-state index in [9.17, 15) is 9.59 Å². The molecule has 3 heterocycles. The van der Waals surface area contributed by atoms with E-state index in [0.717, 1.165) is 30.2 Å². The third kappa shape index (κ3) is 3.30. The van der Waals surface area contributed by atoms with Crippen LogP contribution in [0.1, 0.15) is 16.8 Å². The fourth-order valence-corrected chi connectivity index (χ4v) is 3.86. The zero-order chi connectivity index (χ0) is 15.5. The third-order valence-corrected chi connectivity index (χ3v) is 5.13. The average Bonchev–Trinajstić information content (AvgIpc) is 3.13. The predicted octanol–water partition coefficient (Wildman–Crippen LogP) is 0.362. The van der Waals surface area contributed by atoms with E-state index in [-0.39, 0.29) is 17.9 Å². The van der Waals surface area contributed by atoms with E-state index in [1.54, 1.807) is 11.8 Å². The van der Waals surface area contributed by atoms with Gasteiger partial charge in [-0.3, -0.25) is 14.9 Å². The summed E-state index contributed by atoms with van der Waals surface area (Å²) in [7, 11) is 1.91. The van der Waals surface area contributed by atoms with Crippen LogP contribution < -0.4 is 5.32 Å². The molecule has 0 spiro atoms. The molecule has 0 saturated carbocycles. The van der Waals surface area contributed by atoms with Gasteiger partial charge in [-0.25, -0.2) is 0 Å². The highest BCUT2D eigenvalue weighted by atomic mass is 32.2. The third-order valence-electron chi connectivity index (χ3n) is 4.19. The Morgan fingerprint density at radius 3 is 2.68 bits per heavy atom. The Morgan fingerprint density at radius 1 is 1.23 bits per heavy atom. The second-order valence-electron chi connectivity index (χ2n) is 5.81. The molecule has 6 nitrogen and oxygen atoms in total. The van der Waals surface area contributed by atoms with Gasteiger partial charge in [0.15, 0.2) is 0 Å². The lowest BCUT2D eigenvalue weighted by atomic mass is 10.2. The van der Waals surface area contributed by atoms with Gasteiger partial charge in [-0.15, -0.1) is 11.8 Å². The van der Waals surface area contributed by atoms with Gasteiger partial charge in [0.25, 0.3) is 5.91 Å². The molecular weight excluding hydrogens is 300 g/mol. The number of carbonyl (C=O) groups excluding carboxylic acids is 2. The number of thioether (sulfide) groups is 1. The van der Waals surface area contributed by atoms with Crippen LogP contribution in [0, 0.1) is 0 Å². The smallest absolute Gasteiger partial charge is 0.255 e. The van der Waals surface area contributed by atoms with Gasteiger partial charge in [-0.05, 0) is 12.5 Å². The summed E-state index contributed by atoms with van der Waals surface area (Å²) < 4.78 is 1.88. The fourth-order valence-electron chi connectivity index (χ4n) is 2.93. The molecular formula is C15H22N4O2S. The van der Waals surface area contributed by atoms with Gasteiger partial charge < -0.3 is 14.4 Å². The Hall–Kier alpha value is -1.47. The number of amides is 2. The number of nitrogens with zero attached hydrogens (tertiary/aromatic N) is 3. The molecule has 22 heavy (non-hydrogen) atoms. The minimum absolute atomic E-state index is 0.0543. The average molecular weight is 322 g/mol. The van der Waals surface area contributed by atoms with Crippen molar-refractivity contribution in [1.82, 2.24) is 19.7 Å². The van der Waals surface area contributed by atoms with E-state index in [2.05, 4.69) is 5.32 Å². The lowest BCUT2D eigenvalue weighted by Gasteiger charge is -2.24. The van der Waals surface area contributed by atoms with E-state index in [0.29, 0.717) is 19.6 Å². The van der Waals surface area contributed by atoms with Crippen molar-refractivity contribution in [2.45, 2.75) is 12.5 Å². The zero-order valence-corrected chi connectivity index (χ0v) is 13.6. The van der Waals surface area contributed by atoms with Gasteiger partial charge >= 0.3 is 0 Å². The first-order valence-electron chi connectivity index (χ1n) is 7.66. The Labute approximate surface area is 134 Å². The Kier molecular flexibility index (Phi) is 4.73. The molecule has 0 aromatic carbocycles. The van der Waals surface area contributed by atoms with Crippen LogP contribution in [-0.2, 0) is 11.8 Å². The summed E-state index contributed by atoms with van der Waals surface area (Å²) in [5.41, 5.74) is 0.719. The van der Waals surface area contributed by atoms with Crippen molar-refractivity contribution in [3.63, 3.8) is 0 Å². The van der Waals surface area contributed by atoms with Crippen LogP contribution in [0.25, 0.3) is 0 Å².